The van der Waals surface area contributed by atoms with Gasteiger partial charge in [-0.1, -0.05) is 12.1 Å². The molecule has 0 saturated heterocycles. The van der Waals surface area contributed by atoms with E-state index in [1.807, 2.05) is 12.1 Å². The molecule has 1 atom stereocenters. The lowest BCUT2D eigenvalue weighted by Crippen LogP contribution is -2.29. The lowest BCUT2D eigenvalue weighted by molar-refractivity contribution is 0.474. The first-order chi connectivity index (χ1) is 9.13. The summed E-state index contributed by atoms with van der Waals surface area (Å²) < 4.78 is 1.19. The summed E-state index contributed by atoms with van der Waals surface area (Å²) in [6, 6.07) is 12.1. The van der Waals surface area contributed by atoms with Crippen molar-refractivity contribution in [2.75, 3.05) is 6.54 Å². The maximum atomic E-state index is 9.24. The van der Waals surface area contributed by atoms with Crippen LogP contribution in [-0.2, 0) is 12.8 Å². The van der Waals surface area contributed by atoms with Crippen LogP contribution in [0.3, 0.4) is 0 Å². The van der Waals surface area contributed by atoms with Crippen molar-refractivity contribution in [1.82, 2.24) is 5.32 Å². The molecule has 0 spiro atoms. The van der Waals surface area contributed by atoms with Gasteiger partial charge < -0.3 is 10.4 Å². The first-order valence-electron chi connectivity index (χ1n) is 6.39. The molecule has 2 nitrogen and oxygen atoms in total. The molecule has 4 heteroatoms. The van der Waals surface area contributed by atoms with Crippen LogP contribution in [0.4, 0.5) is 0 Å². The average Bonchev–Trinajstić information content (AvgIpc) is 2.78. The van der Waals surface area contributed by atoms with Gasteiger partial charge in [0.25, 0.3) is 0 Å². The smallest absolute Gasteiger partial charge is 0.115 e. The van der Waals surface area contributed by atoms with Gasteiger partial charge in [-0.2, -0.15) is 0 Å². The van der Waals surface area contributed by atoms with Gasteiger partial charge in [-0.05, 0) is 65.5 Å². The highest BCUT2D eigenvalue weighted by atomic mass is 79.9. The number of halogens is 1. The Bertz CT molecular complexity index is 509. The summed E-state index contributed by atoms with van der Waals surface area (Å²) in [5, 5.41) is 12.8. The Morgan fingerprint density at radius 2 is 1.95 bits per heavy atom. The monoisotopic (exact) mass is 339 g/mol. The largest absolute Gasteiger partial charge is 0.508 e. The fourth-order valence-corrected chi connectivity index (χ4v) is 3.47. The van der Waals surface area contributed by atoms with Crippen LogP contribution in [0, 0.1) is 0 Å². The molecular formula is C15H18BrNOS. The topological polar surface area (TPSA) is 32.3 Å². The molecule has 0 radical (unpaired) electrons. The predicted octanol–water partition coefficient (Wildman–Crippen LogP) is 3.98. The van der Waals surface area contributed by atoms with Crippen molar-refractivity contribution < 1.29 is 5.11 Å². The van der Waals surface area contributed by atoms with E-state index in [2.05, 4.69) is 40.3 Å². The van der Waals surface area contributed by atoms with E-state index < -0.39 is 0 Å². The van der Waals surface area contributed by atoms with Gasteiger partial charge in [0.1, 0.15) is 5.75 Å². The molecule has 2 aromatic rings. The Morgan fingerprint density at radius 3 is 2.58 bits per heavy atom. The third-order valence-corrected chi connectivity index (χ3v) is 4.65. The molecule has 1 aromatic carbocycles. The second-order valence-corrected chi connectivity index (χ2v) is 7.23. The zero-order valence-electron chi connectivity index (χ0n) is 10.9. The minimum Gasteiger partial charge on any atom is -0.508 e. The van der Waals surface area contributed by atoms with E-state index in [0.717, 1.165) is 19.4 Å². The maximum Gasteiger partial charge on any atom is 0.115 e. The van der Waals surface area contributed by atoms with Crippen molar-refractivity contribution in [3.8, 4) is 5.75 Å². The first kappa shape index (κ1) is 14.6. The number of benzene rings is 1. The first-order valence-corrected chi connectivity index (χ1v) is 8.00. The van der Waals surface area contributed by atoms with Crippen LogP contribution in [0.25, 0.3) is 0 Å². The van der Waals surface area contributed by atoms with Gasteiger partial charge in [-0.25, -0.2) is 0 Å². The Kier molecular flexibility index (Phi) is 5.43. The number of aromatic hydroxyl groups is 1. The SMILES string of the molecule is CC(Cc1ccc(O)cc1)NCCc1ccc(Br)s1. The van der Waals surface area contributed by atoms with E-state index in [1.165, 1.54) is 14.2 Å². The van der Waals surface area contributed by atoms with Gasteiger partial charge in [0.05, 0.1) is 3.79 Å². The minimum atomic E-state index is 0.327. The molecule has 0 saturated carbocycles. The number of nitrogens with one attached hydrogen (secondary N) is 1. The van der Waals surface area contributed by atoms with Crippen molar-refractivity contribution in [2.24, 2.45) is 0 Å². The van der Waals surface area contributed by atoms with Crippen molar-refractivity contribution >= 4 is 27.3 Å². The summed E-state index contributed by atoms with van der Waals surface area (Å²) in [6.45, 7) is 3.18. The summed E-state index contributed by atoms with van der Waals surface area (Å²) in [5.74, 6) is 0.327. The molecule has 1 unspecified atom stereocenters. The summed E-state index contributed by atoms with van der Waals surface area (Å²) in [4.78, 5) is 1.40. The van der Waals surface area contributed by atoms with Crippen molar-refractivity contribution in [3.63, 3.8) is 0 Å². The number of hydrogen-bond acceptors (Lipinski definition) is 3. The molecule has 0 amide bonds. The fraction of sp³-hybridized carbons (Fsp3) is 0.333. The maximum absolute atomic E-state index is 9.24. The Hall–Kier alpha value is -0.840. The van der Waals surface area contributed by atoms with Crippen LogP contribution in [0.5, 0.6) is 5.75 Å². The zero-order valence-corrected chi connectivity index (χ0v) is 13.3. The second-order valence-electron chi connectivity index (χ2n) is 4.68. The van der Waals surface area contributed by atoms with Gasteiger partial charge in [-0.15, -0.1) is 11.3 Å². The quantitative estimate of drug-likeness (QED) is 0.834. The van der Waals surface area contributed by atoms with E-state index in [0.29, 0.717) is 11.8 Å². The number of phenols is 1. The normalized spacial score (nSPS) is 12.5. The van der Waals surface area contributed by atoms with E-state index in [1.54, 1.807) is 23.5 Å². The molecular weight excluding hydrogens is 322 g/mol. The fourth-order valence-electron chi connectivity index (χ4n) is 1.99. The minimum absolute atomic E-state index is 0.327. The molecule has 2 rings (SSSR count). The summed E-state index contributed by atoms with van der Waals surface area (Å²) in [7, 11) is 0. The number of rotatable bonds is 6. The lowest BCUT2D eigenvalue weighted by atomic mass is 10.1. The Balaban J connectivity index is 1.72. The van der Waals surface area contributed by atoms with Gasteiger partial charge in [0, 0.05) is 17.5 Å². The van der Waals surface area contributed by atoms with E-state index in [9.17, 15) is 5.11 Å². The Morgan fingerprint density at radius 1 is 1.21 bits per heavy atom. The van der Waals surface area contributed by atoms with Gasteiger partial charge in [0.2, 0.25) is 0 Å². The average molecular weight is 340 g/mol. The van der Waals surface area contributed by atoms with Crippen molar-refractivity contribution in [3.05, 3.63) is 50.6 Å². The van der Waals surface area contributed by atoms with Crippen LogP contribution in [0.2, 0.25) is 0 Å². The summed E-state index contributed by atoms with van der Waals surface area (Å²) in [5.41, 5.74) is 1.25. The van der Waals surface area contributed by atoms with Gasteiger partial charge >= 0.3 is 0 Å². The number of hydrogen-bond donors (Lipinski definition) is 2. The molecule has 0 aliphatic rings. The highest BCUT2D eigenvalue weighted by Crippen LogP contribution is 2.22. The zero-order chi connectivity index (χ0) is 13.7. The third-order valence-electron chi connectivity index (χ3n) is 2.97. The van der Waals surface area contributed by atoms with Crippen LogP contribution < -0.4 is 5.32 Å². The van der Waals surface area contributed by atoms with Gasteiger partial charge in [-0.3, -0.25) is 0 Å². The third kappa shape index (κ3) is 4.97. The molecule has 1 heterocycles. The molecule has 1 aromatic heterocycles. The molecule has 0 fully saturated rings. The van der Waals surface area contributed by atoms with E-state index in [-0.39, 0.29) is 0 Å². The Labute approximate surface area is 126 Å². The van der Waals surface area contributed by atoms with E-state index in [4.69, 9.17) is 0 Å². The molecule has 0 aliphatic heterocycles. The highest BCUT2D eigenvalue weighted by Gasteiger charge is 2.04. The van der Waals surface area contributed by atoms with E-state index >= 15 is 0 Å². The molecule has 19 heavy (non-hydrogen) atoms. The van der Waals surface area contributed by atoms with Crippen LogP contribution >= 0.6 is 27.3 Å². The molecule has 2 N–H and O–H groups in total. The van der Waals surface area contributed by atoms with Crippen LogP contribution in [0.1, 0.15) is 17.4 Å². The summed E-state index contributed by atoms with van der Waals surface area (Å²) >= 11 is 5.27. The van der Waals surface area contributed by atoms with Crippen LogP contribution in [-0.4, -0.2) is 17.7 Å². The standard InChI is InChI=1S/C15H18BrNOS/c1-11(10-12-2-4-13(18)5-3-12)17-9-8-14-6-7-15(16)19-14/h2-7,11,17-18H,8-10H2,1H3. The molecule has 0 aliphatic carbocycles. The second kappa shape index (κ2) is 7.08. The predicted molar refractivity (Wildman–Crippen MR) is 85.0 cm³/mol. The number of phenolic OH excluding ortho intramolecular Hbond substituents is 1. The lowest BCUT2D eigenvalue weighted by Gasteiger charge is -2.13. The summed E-state index contributed by atoms with van der Waals surface area (Å²) in [6.07, 6.45) is 2.05. The van der Waals surface area contributed by atoms with Crippen LogP contribution in [0.15, 0.2) is 40.2 Å². The van der Waals surface area contributed by atoms with Crippen molar-refractivity contribution in [2.45, 2.75) is 25.8 Å². The number of thiophene rings is 1. The highest BCUT2D eigenvalue weighted by molar-refractivity contribution is 9.11. The van der Waals surface area contributed by atoms with Crippen molar-refractivity contribution in [1.29, 1.82) is 0 Å². The molecule has 102 valence electrons. The van der Waals surface area contributed by atoms with Gasteiger partial charge in [0.15, 0.2) is 0 Å². The molecule has 0 bridgehead atoms.